The van der Waals surface area contributed by atoms with Crippen molar-refractivity contribution < 1.29 is 4.42 Å². The number of nitrogens with zero attached hydrogens (tertiary/aromatic N) is 1. The van der Waals surface area contributed by atoms with Crippen LogP contribution in [0.4, 0.5) is 17.1 Å². The molecule has 0 aliphatic heterocycles. The van der Waals surface area contributed by atoms with Gasteiger partial charge in [0.25, 0.3) is 0 Å². The third kappa shape index (κ3) is 5.32. The van der Waals surface area contributed by atoms with E-state index in [9.17, 15) is 0 Å². The molecule has 0 saturated heterocycles. The Kier molecular flexibility index (Phi) is 7.85. The molecule has 0 unspecified atom stereocenters. The smallest absolute Gasteiger partial charge is 0.143 e. The fourth-order valence-corrected chi connectivity index (χ4v) is 10.7. The minimum atomic E-state index is -0.429. The predicted octanol–water partition coefficient (Wildman–Crippen LogP) is 16.4. The van der Waals surface area contributed by atoms with Crippen molar-refractivity contribution in [2.24, 2.45) is 0 Å². The van der Waals surface area contributed by atoms with E-state index in [4.69, 9.17) is 4.42 Å². The van der Waals surface area contributed by atoms with E-state index < -0.39 is 5.41 Å². The van der Waals surface area contributed by atoms with E-state index >= 15 is 0 Å². The van der Waals surface area contributed by atoms with Crippen LogP contribution in [0.25, 0.3) is 77.6 Å². The molecule has 1 heterocycles. The lowest BCUT2D eigenvalue weighted by Crippen LogP contribution is -2.25. The Balaban J connectivity index is 0.967. The average Bonchev–Trinajstić information content (AvgIpc) is 3.99. The highest BCUT2D eigenvalue weighted by atomic mass is 16.3. The van der Waals surface area contributed by atoms with Gasteiger partial charge in [0, 0.05) is 33.4 Å². The second-order valence-electron chi connectivity index (χ2n) is 16.8. The van der Waals surface area contributed by atoms with Crippen molar-refractivity contribution in [3.63, 3.8) is 0 Å². The lowest BCUT2D eigenvalue weighted by molar-refractivity contribution is 0.670. The first-order valence-corrected chi connectivity index (χ1v) is 21.7. The predicted molar refractivity (Wildman–Crippen MR) is 261 cm³/mol. The summed E-state index contributed by atoms with van der Waals surface area (Å²) >= 11 is 0. The summed E-state index contributed by atoms with van der Waals surface area (Å²) in [6.07, 6.45) is 0. The van der Waals surface area contributed by atoms with Crippen LogP contribution >= 0.6 is 0 Å². The maximum atomic E-state index is 6.82. The van der Waals surface area contributed by atoms with Crippen molar-refractivity contribution in [2.45, 2.75) is 5.41 Å². The molecule has 11 aromatic rings. The Bertz CT molecular complexity index is 3480. The van der Waals surface area contributed by atoms with Crippen LogP contribution < -0.4 is 4.90 Å². The van der Waals surface area contributed by atoms with E-state index in [2.05, 4.69) is 241 Å². The molecule has 1 aromatic heterocycles. The van der Waals surface area contributed by atoms with Crippen molar-refractivity contribution in [1.82, 2.24) is 0 Å². The van der Waals surface area contributed by atoms with Gasteiger partial charge < -0.3 is 9.32 Å². The SMILES string of the molecule is c1ccc(-c2ccc(N(c3ccccc3)c3ccc(-c4cc(-c5ccc6c(c5)C5(c7ccccc7-c7ccccc75)c5ccccc5-6)c5oc6ccccc6c5c4)cc3)cc2)cc1. The van der Waals surface area contributed by atoms with Gasteiger partial charge >= 0.3 is 0 Å². The summed E-state index contributed by atoms with van der Waals surface area (Å²) in [5, 5.41) is 2.23. The molecule has 2 aliphatic rings. The number of hydrogen-bond donors (Lipinski definition) is 0. The van der Waals surface area contributed by atoms with Gasteiger partial charge in [-0.25, -0.2) is 0 Å². The van der Waals surface area contributed by atoms with E-state index in [-0.39, 0.29) is 0 Å². The zero-order valence-corrected chi connectivity index (χ0v) is 34.4. The van der Waals surface area contributed by atoms with Gasteiger partial charge in [-0.2, -0.15) is 0 Å². The highest BCUT2D eigenvalue weighted by Crippen LogP contribution is 2.63. The molecule has 0 amide bonds. The van der Waals surface area contributed by atoms with E-state index in [1.807, 2.05) is 0 Å². The van der Waals surface area contributed by atoms with Crippen molar-refractivity contribution in [1.29, 1.82) is 0 Å². The normalized spacial score (nSPS) is 12.9. The van der Waals surface area contributed by atoms with Crippen LogP contribution in [0.15, 0.2) is 241 Å². The molecule has 0 saturated carbocycles. The van der Waals surface area contributed by atoms with Crippen LogP contribution in [0.2, 0.25) is 0 Å². The summed E-state index contributed by atoms with van der Waals surface area (Å²) in [4.78, 5) is 2.33. The minimum Gasteiger partial charge on any atom is -0.455 e. The van der Waals surface area contributed by atoms with Gasteiger partial charge in [0.05, 0.1) is 5.41 Å². The molecule has 0 N–H and O–H groups in total. The quantitative estimate of drug-likeness (QED) is 0.167. The topological polar surface area (TPSA) is 16.4 Å². The largest absolute Gasteiger partial charge is 0.455 e. The van der Waals surface area contributed by atoms with Crippen molar-refractivity contribution >= 4 is 39.0 Å². The molecule has 63 heavy (non-hydrogen) atoms. The fourth-order valence-electron chi connectivity index (χ4n) is 10.7. The van der Waals surface area contributed by atoms with Gasteiger partial charge in [0.1, 0.15) is 11.2 Å². The summed E-state index contributed by atoms with van der Waals surface area (Å²) in [6, 6.07) is 86.3. The summed E-state index contributed by atoms with van der Waals surface area (Å²) < 4.78 is 6.82. The molecule has 2 nitrogen and oxygen atoms in total. The Morgan fingerprint density at radius 2 is 0.746 bits per heavy atom. The Hall–Kier alpha value is -8.20. The lowest BCUT2D eigenvalue weighted by atomic mass is 9.70. The van der Waals surface area contributed by atoms with Crippen LogP contribution in [0, 0.1) is 0 Å². The molecular formula is C61H39NO. The minimum absolute atomic E-state index is 0.429. The molecule has 2 aliphatic carbocycles. The number of rotatable bonds is 6. The fraction of sp³-hybridized carbons (Fsp3) is 0.0164. The van der Waals surface area contributed by atoms with E-state index in [0.717, 1.165) is 61.3 Å². The Labute approximate surface area is 366 Å². The molecule has 2 heteroatoms. The van der Waals surface area contributed by atoms with Crippen LogP contribution in [0.3, 0.4) is 0 Å². The van der Waals surface area contributed by atoms with Crippen molar-refractivity contribution in [3.8, 4) is 55.6 Å². The number of benzene rings is 10. The molecule has 1 spiro atoms. The van der Waals surface area contributed by atoms with Gasteiger partial charge in [-0.3, -0.25) is 0 Å². The number of para-hydroxylation sites is 2. The first kappa shape index (κ1) is 35.5. The number of anilines is 3. The van der Waals surface area contributed by atoms with Gasteiger partial charge in [0.15, 0.2) is 0 Å². The summed E-state index contributed by atoms with van der Waals surface area (Å²) in [5.74, 6) is 0. The number of hydrogen-bond acceptors (Lipinski definition) is 2. The first-order valence-electron chi connectivity index (χ1n) is 21.7. The van der Waals surface area contributed by atoms with Gasteiger partial charge in [-0.15, -0.1) is 0 Å². The monoisotopic (exact) mass is 801 g/mol. The average molecular weight is 802 g/mol. The molecule has 0 radical (unpaired) electrons. The number of fused-ring (bicyclic) bond motifs is 13. The van der Waals surface area contributed by atoms with E-state index in [1.165, 1.54) is 55.6 Å². The molecule has 0 atom stereocenters. The second-order valence-corrected chi connectivity index (χ2v) is 16.8. The maximum absolute atomic E-state index is 6.82. The zero-order chi connectivity index (χ0) is 41.5. The summed E-state index contributed by atoms with van der Waals surface area (Å²) in [7, 11) is 0. The van der Waals surface area contributed by atoms with E-state index in [1.54, 1.807) is 0 Å². The van der Waals surface area contributed by atoms with Crippen LogP contribution in [0.5, 0.6) is 0 Å². The lowest BCUT2D eigenvalue weighted by Gasteiger charge is -2.30. The molecule has 10 aromatic carbocycles. The zero-order valence-electron chi connectivity index (χ0n) is 34.4. The third-order valence-corrected chi connectivity index (χ3v) is 13.5. The van der Waals surface area contributed by atoms with Crippen LogP contribution in [-0.2, 0) is 5.41 Å². The molecule has 0 fully saturated rings. The molecule has 13 rings (SSSR count). The van der Waals surface area contributed by atoms with Crippen LogP contribution in [-0.4, -0.2) is 0 Å². The number of furan rings is 1. The van der Waals surface area contributed by atoms with Gasteiger partial charge in [-0.05, 0) is 133 Å². The van der Waals surface area contributed by atoms with Gasteiger partial charge in [-0.1, -0.05) is 176 Å². The molecular weight excluding hydrogens is 763 g/mol. The highest BCUT2D eigenvalue weighted by Gasteiger charge is 2.51. The standard InChI is InChI=1S/C61H39NO/c1-3-15-40(16-4-1)41-27-32-46(33-28-41)62(45-17-5-2-6-18-45)47-34-29-42(30-35-47)44-37-53(60-54(38-44)52-22-10-14-26-59(52)63-60)43-31-36-51-50-21-9-13-25-57(50)61(58(51)39-43)55-23-11-7-19-48(55)49-20-8-12-24-56(49)61/h1-39H. The molecule has 0 bridgehead atoms. The summed E-state index contributed by atoms with van der Waals surface area (Å²) in [6.45, 7) is 0. The van der Waals surface area contributed by atoms with Crippen LogP contribution in [0.1, 0.15) is 22.3 Å². The Morgan fingerprint density at radius 1 is 0.286 bits per heavy atom. The van der Waals surface area contributed by atoms with E-state index in [0.29, 0.717) is 0 Å². The first-order chi connectivity index (χ1) is 31.2. The Morgan fingerprint density at radius 3 is 1.37 bits per heavy atom. The third-order valence-electron chi connectivity index (χ3n) is 13.5. The summed E-state index contributed by atoms with van der Waals surface area (Å²) in [5.41, 5.74) is 22.1. The van der Waals surface area contributed by atoms with Gasteiger partial charge in [0.2, 0.25) is 0 Å². The van der Waals surface area contributed by atoms with Crippen molar-refractivity contribution in [2.75, 3.05) is 4.90 Å². The highest BCUT2D eigenvalue weighted by molar-refractivity contribution is 6.11. The second kappa shape index (κ2) is 13.9. The maximum Gasteiger partial charge on any atom is 0.143 e. The molecule has 294 valence electrons. The van der Waals surface area contributed by atoms with Crippen molar-refractivity contribution in [3.05, 3.63) is 259 Å².